The fraction of sp³-hybridized carbons (Fsp3) is 0.733. The SMILES string of the molecule is CC(C)NC(C)(CCCN1CCn2ccnc2C1)C(=O)O. The molecule has 1 unspecified atom stereocenters. The first-order chi connectivity index (χ1) is 9.90. The number of hydrogen-bond acceptors (Lipinski definition) is 4. The lowest BCUT2D eigenvalue weighted by Crippen LogP contribution is -2.52. The van der Waals surface area contributed by atoms with Gasteiger partial charge in [-0.1, -0.05) is 0 Å². The minimum absolute atomic E-state index is 0.161. The van der Waals surface area contributed by atoms with E-state index in [9.17, 15) is 9.90 Å². The van der Waals surface area contributed by atoms with E-state index in [1.54, 1.807) is 6.92 Å². The highest BCUT2D eigenvalue weighted by Gasteiger charge is 2.33. The Morgan fingerprint density at radius 3 is 2.95 bits per heavy atom. The number of rotatable bonds is 7. The Hall–Kier alpha value is -1.40. The number of carboxylic acids is 1. The van der Waals surface area contributed by atoms with Gasteiger partial charge >= 0.3 is 5.97 Å². The van der Waals surface area contributed by atoms with Crippen molar-refractivity contribution in [3.63, 3.8) is 0 Å². The molecular formula is C15H26N4O2. The second kappa shape index (κ2) is 6.58. The van der Waals surface area contributed by atoms with E-state index in [4.69, 9.17) is 0 Å². The molecule has 1 atom stereocenters. The molecule has 0 aliphatic carbocycles. The smallest absolute Gasteiger partial charge is 0.323 e. The zero-order valence-electron chi connectivity index (χ0n) is 13.2. The summed E-state index contributed by atoms with van der Waals surface area (Å²) < 4.78 is 2.18. The lowest BCUT2D eigenvalue weighted by atomic mass is 9.94. The van der Waals surface area contributed by atoms with Crippen molar-refractivity contribution < 1.29 is 9.90 Å². The highest BCUT2D eigenvalue weighted by molar-refractivity contribution is 5.78. The van der Waals surface area contributed by atoms with E-state index in [0.29, 0.717) is 6.42 Å². The molecule has 1 aliphatic heterocycles. The van der Waals surface area contributed by atoms with E-state index < -0.39 is 11.5 Å². The summed E-state index contributed by atoms with van der Waals surface area (Å²) in [5, 5.41) is 12.6. The Morgan fingerprint density at radius 1 is 1.52 bits per heavy atom. The van der Waals surface area contributed by atoms with Crippen LogP contribution in [0.25, 0.3) is 0 Å². The monoisotopic (exact) mass is 294 g/mol. The number of imidazole rings is 1. The van der Waals surface area contributed by atoms with Gasteiger partial charge in [-0.25, -0.2) is 4.98 Å². The molecule has 6 nitrogen and oxygen atoms in total. The van der Waals surface area contributed by atoms with E-state index in [1.165, 1.54) is 0 Å². The molecule has 1 aromatic heterocycles. The van der Waals surface area contributed by atoms with Crippen molar-refractivity contribution in [3.05, 3.63) is 18.2 Å². The van der Waals surface area contributed by atoms with Gasteiger partial charge in [0, 0.05) is 31.5 Å². The molecule has 2 N–H and O–H groups in total. The number of fused-ring (bicyclic) bond motifs is 1. The van der Waals surface area contributed by atoms with Gasteiger partial charge in [-0.15, -0.1) is 0 Å². The van der Waals surface area contributed by atoms with Crippen LogP contribution in [0.5, 0.6) is 0 Å². The van der Waals surface area contributed by atoms with Crippen molar-refractivity contribution in [3.8, 4) is 0 Å². The topological polar surface area (TPSA) is 70.4 Å². The summed E-state index contributed by atoms with van der Waals surface area (Å²) in [7, 11) is 0. The molecule has 1 aliphatic rings. The van der Waals surface area contributed by atoms with Gasteiger partial charge in [-0.2, -0.15) is 0 Å². The molecule has 0 fully saturated rings. The largest absolute Gasteiger partial charge is 0.480 e. The number of hydrogen-bond donors (Lipinski definition) is 2. The van der Waals surface area contributed by atoms with Crippen molar-refractivity contribution in [2.45, 2.75) is 58.3 Å². The number of aliphatic carboxylic acids is 1. The van der Waals surface area contributed by atoms with Crippen LogP contribution in [0.4, 0.5) is 0 Å². The molecule has 0 bridgehead atoms. The Morgan fingerprint density at radius 2 is 2.29 bits per heavy atom. The first-order valence-corrected chi connectivity index (χ1v) is 7.64. The van der Waals surface area contributed by atoms with Crippen LogP contribution in [-0.2, 0) is 17.9 Å². The molecule has 0 aromatic carbocycles. The molecule has 0 amide bonds. The number of nitrogens with one attached hydrogen (secondary N) is 1. The lowest BCUT2D eigenvalue weighted by Gasteiger charge is -2.31. The van der Waals surface area contributed by atoms with E-state index in [2.05, 4.69) is 19.8 Å². The minimum atomic E-state index is -0.845. The van der Waals surface area contributed by atoms with E-state index in [1.807, 2.05) is 26.2 Å². The van der Waals surface area contributed by atoms with Crippen LogP contribution in [0.1, 0.15) is 39.4 Å². The van der Waals surface area contributed by atoms with Gasteiger partial charge in [0.25, 0.3) is 0 Å². The van der Waals surface area contributed by atoms with Crippen molar-refractivity contribution in [2.75, 3.05) is 13.1 Å². The Labute approximate surface area is 126 Å². The van der Waals surface area contributed by atoms with Crippen LogP contribution < -0.4 is 5.32 Å². The van der Waals surface area contributed by atoms with E-state index in [-0.39, 0.29) is 6.04 Å². The van der Waals surface area contributed by atoms with Gasteiger partial charge in [-0.05, 0) is 40.2 Å². The summed E-state index contributed by atoms with van der Waals surface area (Å²) in [4.78, 5) is 18.2. The first kappa shape index (κ1) is 16.0. The maximum Gasteiger partial charge on any atom is 0.323 e. The van der Waals surface area contributed by atoms with Crippen molar-refractivity contribution in [2.24, 2.45) is 0 Å². The van der Waals surface area contributed by atoms with Gasteiger partial charge in [0.15, 0.2) is 0 Å². The average molecular weight is 294 g/mol. The second-order valence-electron chi connectivity index (χ2n) is 6.35. The predicted molar refractivity (Wildman–Crippen MR) is 81.1 cm³/mol. The molecule has 0 radical (unpaired) electrons. The zero-order valence-corrected chi connectivity index (χ0v) is 13.2. The standard InChI is InChI=1S/C15H26N4O2/c1-12(2)17-15(3,14(20)21)5-4-7-18-9-10-19-8-6-16-13(19)11-18/h6,8,12,17H,4-5,7,9-11H2,1-3H3,(H,20,21). The molecule has 1 aromatic rings. The second-order valence-corrected chi connectivity index (χ2v) is 6.35. The normalized spacial score (nSPS) is 18.5. The van der Waals surface area contributed by atoms with E-state index >= 15 is 0 Å². The highest BCUT2D eigenvalue weighted by Crippen LogP contribution is 2.16. The summed E-state index contributed by atoms with van der Waals surface area (Å²) in [6.45, 7) is 9.47. The van der Waals surface area contributed by atoms with Crippen LogP contribution in [-0.4, -0.2) is 50.2 Å². The molecule has 2 rings (SSSR count). The highest BCUT2D eigenvalue weighted by atomic mass is 16.4. The fourth-order valence-corrected chi connectivity index (χ4v) is 2.95. The quantitative estimate of drug-likeness (QED) is 0.793. The molecule has 0 spiro atoms. The Bertz CT molecular complexity index is 486. The van der Waals surface area contributed by atoms with Gasteiger partial charge in [-0.3, -0.25) is 15.0 Å². The fourth-order valence-electron chi connectivity index (χ4n) is 2.95. The maximum atomic E-state index is 11.5. The third-order valence-corrected chi connectivity index (χ3v) is 4.05. The number of nitrogens with zero attached hydrogens (tertiary/aromatic N) is 3. The maximum absolute atomic E-state index is 11.5. The summed E-state index contributed by atoms with van der Waals surface area (Å²) in [5.41, 5.74) is -0.845. The van der Waals surface area contributed by atoms with Crippen LogP contribution >= 0.6 is 0 Å². The lowest BCUT2D eigenvalue weighted by molar-refractivity contribution is -0.144. The molecular weight excluding hydrogens is 268 g/mol. The molecule has 0 saturated heterocycles. The summed E-state index contributed by atoms with van der Waals surface area (Å²) >= 11 is 0. The van der Waals surface area contributed by atoms with Crippen molar-refractivity contribution in [1.82, 2.24) is 19.8 Å². The summed E-state index contributed by atoms with van der Waals surface area (Å²) in [5.74, 6) is 0.327. The number of carbonyl (C=O) groups is 1. The number of carboxylic acid groups (broad SMARTS) is 1. The van der Waals surface area contributed by atoms with Crippen LogP contribution in [0, 0.1) is 0 Å². The summed E-state index contributed by atoms with van der Waals surface area (Å²) in [6, 6.07) is 0.161. The molecule has 2 heterocycles. The van der Waals surface area contributed by atoms with Crippen LogP contribution in [0.15, 0.2) is 12.4 Å². The number of aromatic nitrogens is 2. The summed E-state index contributed by atoms with van der Waals surface area (Å²) in [6.07, 6.45) is 5.35. The van der Waals surface area contributed by atoms with Crippen molar-refractivity contribution in [1.29, 1.82) is 0 Å². The molecule has 21 heavy (non-hydrogen) atoms. The first-order valence-electron chi connectivity index (χ1n) is 7.64. The van der Waals surface area contributed by atoms with Crippen LogP contribution in [0.2, 0.25) is 0 Å². The molecule has 118 valence electrons. The Kier molecular flexibility index (Phi) is 5.00. The third kappa shape index (κ3) is 4.04. The zero-order chi connectivity index (χ0) is 15.5. The predicted octanol–water partition coefficient (Wildman–Crippen LogP) is 1.32. The van der Waals surface area contributed by atoms with Gasteiger partial charge in [0.1, 0.15) is 11.4 Å². The van der Waals surface area contributed by atoms with Crippen LogP contribution in [0.3, 0.4) is 0 Å². The van der Waals surface area contributed by atoms with Gasteiger partial charge in [0.05, 0.1) is 6.54 Å². The van der Waals surface area contributed by atoms with Gasteiger partial charge < -0.3 is 9.67 Å². The third-order valence-electron chi connectivity index (χ3n) is 4.05. The molecule has 6 heteroatoms. The minimum Gasteiger partial charge on any atom is -0.480 e. The average Bonchev–Trinajstić information content (AvgIpc) is 2.85. The van der Waals surface area contributed by atoms with E-state index in [0.717, 1.165) is 38.4 Å². The van der Waals surface area contributed by atoms with Crippen molar-refractivity contribution >= 4 is 5.97 Å². The Balaban J connectivity index is 1.82. The van der Waals surface area contributed by atoms with Gasteiger partial charge in [0.2, 0.25) is 0 Å². The molecule has 0 saturated carbocycles.